The Hall–Kier alpha value is -1.05. The van der Waals surface area contributed by atoms with E-state index in [1.54, 1.807) is 6.08 Å². The minimum atomic E-state index is -0.854. The van der Waals surface area contributed by atoms with Gasteiger partial charge in [-0.15, -0.1) is 0 Å². The van der Waals surface area contributed by atoms with Crippen molar-refractivity contribution in [3.63, 3.8) is 0 Å². The van der Waals surface area contributed by atoms with Crippen molar-refractivity contribution < 1.29 is 9.90 Å². The molecule has 80 valence electrons. The number of carbonyl (C=O) groups is 1. The van der Waals surface area contributed by atoms with Crippen molar-refractivity contribution in [2.24, 2.45) is 0 Å². The highest BCUT2D eigenvalue weighted by atomic mass is 16.4. The van der Waals surface area contributed by atoms with Crippen LogP contribution in [0.5, 0.6) is 0 Å². The van der Waals surface area contributed by atoms with Crippen LogP contribution in [0.15, 0.2) is 24.3 Å². The van der Waals surface area contributed by atoms with Gasteiger partial charge in [0.1, 0.15) is 0 Å². The molecule has 0 saturated carbocycles. The first kappa shape index (κ1) is 12.9. The molecule has 0 amide bonds. The number of carboxylic acid groups (broad SMARTS) is 1. The standard InChI is InChI=1S/C12H20O2/c1-2-3-4-5-6-7-8-9-10-11-12(13)14/h4-5,10-11H,2-3,6-9H2,1H3,(H,13,14)/b5-4-,11-10+. The largest absolute Gasteiger partial charge is 0.478 e. The molecule has 0 unspecified atom stereocenters. The highest BCUT2D eigenvalue weighted by Crippen LogP contribution is 2.02. The highest BCUT2D eigenvalue weighted by molar-refractivity contribution is 5.79. The number of unbranched alkanes of at least 4 members (excludes halogenated alkanes) is 4. The molecule has 0 aromatic heterocycles. The molecule has 0 bridgehead atoms. The molecule has 1 N–H and O–H groups in total. The van der Waals surface area contributed by atoms with E-state index in [1.165, 1.54) is 18.9 Å². The molecule has 0 rings (SSSR count). The lowest BCUT2D eigenvalue weighted by molar-refractivity contribution is -0.131. The normalized spacial score (nSPS) is 11.5. The van der Waals surface area contributed by atoms with Crippen LogP contribution in [-0.4, -0.2) is 11.1 Å². The van der Waals surface area contributed by atoms with Gasteiger partial charge in [0, 0.05) is 6.08 Å². The second kappa shape index (κ2) is 10.0. The van der Waals surface area contributed by atoms with Gasteiger partial charge in [0.05, 0.1) is 0 Å². The molecule has 14 heavy (non-hydrogen) atoms. The van der Waals surface area contributed by atoms with Gasteiger partial charge in [0.2, 0.25) is 0 Å². The molecule has 0 fully saturated rings. The van der Waals surface area contributed by atoms with Crippen LogP contribution in [0.4, 0.5) is 0 Å². The summed E-state index contributed by atoms with van der Waals surface area (Å²) in [5, 5.41) is 8.32. The zero-order valence-corrected chi connectivity index (χ0v) is 8.91. The maximum Gasteiger partial charge on any atom is 0.327 e. The van der Waals surface area contributed by atoms with Crippen LogP contribution < -0.4 is 0 Å². The Morgan fingerprint density at radius 2 is 1.64 bits per heavy atom. The summed E-state index contributed by atoms with van der Waals surface area (Å²) in [4.78, 5) is 10.1. The summed E-state index contributed by atoms with van der Waals surface area (Å²) in [6.45, 7) is 2.17. The van der Waals surface area contributed by atoms with Gasteiger partial charge in [-0.25, -0.2) is 4.79 Å². The Labute approximate surface area is 86.3 Å². The second-order valence-electron chi connectivity index (χ2n) is 3.29. The van der Waals surface area contributed by atoms with Crippen molar-refractivity contribution >= 4 is 5.97 Å². The average molecular weight is 196 g/mol. The van der Waals surface area contributed by atoms with E-state index in [-0.39, 0.29) is 0 Å². The fraction of sp³-hybridized carbons (Fsp3) is 0.583. The number of aliphatic carboxylic acids is 1. The van der Waals surface area contributed by atoms with Crippen LogP contribution in [0.2, 0.25) is 0 Å². The van der Waals surface area contributed by atoms with Gasteiger partial charge in [-0.05, 0) is 32.1 Å². The van der Waals surface area contributed by atoms with E-state index in [1.807, 2.05) is 0 Å². The van der Waals surface area contributed by atoms with Crippen LogP contribution in [0.3, 0.4) is 0 Å². The van der Waals surface area contributed by atoms with Gasteiger partial charge in [-0.3, -0.25) is 0 Å². The van der Waals surface area contributed by atoms with Crippen molar-refractivity contribution in [2.75, 3.05) is 0 Å². The highest BCUT2D eigenvalue weighted by Gasteiger charge is 1.86. The van der Waals surface area contributed by atoms with Gasteiger partial charge < -0.3 is 5.11 Å². The van der Waals surface area contributed by atoms with Crippen molar-refractivity contribution in [1.82, 2.24) is 0 Å². The Morgan fingerprint density at radius 1 is 1.07 bits per heavy atom. The number of hydrogen-bond acceptors (Lipinski definition) is 1. The van der Waals surface area contributed by atoms with Crippen LogP contribution in [0, 0.1) is 0 Å². The summed E-state index contributed by atoms with van der Waals surface area (Å²) in [6.07, 6.45) is 13.9. The molecule has 0 heterocycles. The van der Waals surface area contributed by atoms with E-state index in [4.69, 9.17) is 5.11 Å². The molecule has 0 spiro atoms. The van der Waals surface area contributed by atoms with Crippen LogP contribution >= 0.6 is 0 Å². The summed E-state index contributed by atoms with van der Waals surface area (Å²) in [6, 6.07) is 0. The zero-order chi connectivity index (χ0) is 10.6. The first-order chi connectivity index (χ1) is 6.77. The third-order valence-electron chi connectivity index (χ3n) is 1.87. The minimum Gasteiger partial charge on any atom is -0.478 e. The van der Waals surface area contributed by atoms with E-state index in [0.29, 0.717) is 0 Å². The lowest BCUT2D eigenvalue weighted by atomic mass is 10.1. The van der Waals surface area contributed by atoms with Gasteiger partial charge in [-0.1, -0.05) is 31.6 Å². The van der Waals surface area contributed by atoms with Crippen molar-refractivity contribution in [3.05, 3.63) is 24.3 Å². The number of allylic oxidation sites excluding steroid dienone is 3. The Balaban J connectivity index is 3.17. The smallest absolute Gasteiger partial charge is 0.327 e. The summed E-state index contributed by atoms with van der Waals surface area (Å²) < 4.78 is 0. The lowest BCUT2D eigenvalue weighted by Crippen LogP contribution is -1.85. The Morgan fingerprint density at radius 3 is 2.21 bits per heavy atom. The quantitative estimate of drug-likeness (QED) is 0.366. The number of rotatable bonds is 8. The summed E-state index contributed by atoms with van der Waals surface area (Å²) >= 11 is 0. The number of carboxylic acids is 1. The molecule has 0 aliphatic heterocycles. The molecule has 0 aliphatic carbocycles. The molecule has 0 aromatic carbocycles. The van der Waals surface area contributed by atoms with Crippen molar-refractivity contribution in [3.8, 4) is 0 Å². The topological polar surface area (TPSA) is 37.3 Å². The zero-order valence-electron chi connectivity index (χ0n) is 8.91. The maximum absolute atomic E-state index is 10.1. The summed E-state index contributed by atoms with van der Waals surface area (Å²) in [5.41, 5.74) is 0. The molecule has 0 aliphatic rings. The van der Waals surface area contributed by atoms with E-state index < -0.39 is 5.97 Å². The first-order valence-corrected chi connectivity index (χ1v) is 5.31. The van der Waals surface area contributed by atoms with Crippen LogP contribution in [0.1, 0.15) is 45.4 Å². The van der Waals surface area contributed by atoms with Crippen molar-refractivity contribution in [2.45, 2.75) is 45.4 Å². The Kier molecular flexibility index (Phi) is 9.28. The van der Waals surface area contributed by atoms with Crippen molar-refractivity contribution in [1.29, 1.82) is 0 Å². The van der Waals surface area contributed by atoms with E-state index in [2.05, 4.69) is 19.1 Å². The number of hydrogen-bond donors (Lipinski definition) is 1. The maximum atomic E-state index is 10.1. The lowest BCUT2D eigenvalue weighted by Gasteiger charge is -1.92. The predicted octanol–water partition coefficient (Wildman–Crippen LogP) is 3.54. The second-order valence-corrected chi connectivity index (χ2v) is 3.29. The van der Waals surface area contributed by atoms with E-state index in [0.717, 1.165) is 25.7 Å². The van der Waals surface area contributed by atoms with Crippen LogP contribution in [0.25, 0.3) is 0 Å². The molecular weight excluding hydrogens is 176 g/mol. The fourth-order valence-corrected chi connectivity index (χ4v) is 1.11. The SMILES string of the molecule is CCC/C=C\CCCC/C=C/C(=O)O. The average Bonchev–Trinajstić information content (AvgIpc) is 2.15. The monoisotopic (exact) mass is 196 g/mol. The molecule has 0 atom stereocenters. The van der Waals surface area contributed by atoms with Crippen LogP contribution in [-0.2, 0) is 4.79 Å². The molecule has 2 heteroatoms. The van der Waals surface area contributed by atoms with E-state index in [9.17, 15) is 4.79 Å². The van der Waals surface area contributed by atoms with Gasteiger partial charge >= 0.3 is 5.97 Å². The molecular formula is C12H20O2. The molecule has 0 radical (unpaired) electrons. The third kappa shape index (κ3) is 11.0. The Bertz CT molecular complexity index is 192. The molecule has 0 aromatic rings. The molecule has 2 nitrogen and oxygen atoms in total. The molecule has 0 saturated heterocycles. The van der Waals surface area contributed by atoms with Gasteiger partial charge in [-0.2, -0.15) is 0 Å². The first-order valence-electron chi connectivity index (χ1n) is 5.31. The predicted molar refractivity (Wildman–Crippen MR) is 59.3 cm³/mol. The van der Waals surface area contributed by atoms with Gasteiger partial charge in [0.25, 0.3) is 0 Å². The summed E-state index contributed by atoms with van der Waals surface area (Å²) in [5.74, 6) is -0.854. The third-order valence-corrected chi connectivity index (χ3v) is 1.87. The van der Waals surface area contributed by atoms with E-state index >= 15 is 0 Å². The summed E-state index contributed by atoms with van der Waals surface area (Å²) in [7, 11) is 0. The minimum absolute atomic E-state index is 0.854. The van der Waals surface area contributed by atoms with Gasteiger partial charge in [0.15, 0.2) is 0 Å². The fourth-order valence-electron chi connectivity index (χ4n) is 1.11.